The fraction of sp³-hybridized carbons (Fsp3) is 0.462. The zero-order valence-electron chi connectivity index (χ0n) is 10.8. The Morgan fingerprint density at radius 1 is 1.56 bits per heavy atom. The highest BCUT2D eigenvalue weighted by molar-refractivity contribution is 5.92. The highest BCUT2D eigenvalue weighted by atomic mass is 16.3. The van der Waals surface area contributed by atoms with Gasteiger partial charge in [-0.25, -0.2) is 4.98 Å². The second-order valence-electron chi connectivity index (χ2n) is 4.26. The molecule has 1 rings (SSSR count). The first-order valence-corrected chi connectivity index (χ1v) is 5.80. The molecule has 0 aliphatic heterocycles. The van der Waals surface area contributed by atoms with Gasteiger partial charge in [0.15, 0.2) is 0 Å². The highest BCUT2D eigenvalue weighted by Crippen LogP contribution is 2.10. The molecular weight excluding hydrogens is 230 g/mol. The maximum atomic E-state index is 12.2. The topological polar surface area (TPSA) is 77.2 Å². The van der Waals surface area contributed by atoms with E-state index in [-0.39, 0.29) is 25.1 Å². The molecule has 0 atom stereocenters. The molecule has 1 heterocycles. The van der Waals surface area contributed by atoms with Gasteiger partial charge in [0.2, 0.25) is 0 Å². The van der Waals surface area contributed by atoms with Crippen LogP contribution < -0.4 is 0 Å². The first-order chi connectivity index (χ1) is 8.51. The Balaban J connectivity index is 3.03. The van der Waals surface area contributed by atoms with Crippen molar-refractivity contribution in [3.05, 3.63) is 29.1 Å². The minimum absolute atomic E-state index is 0.0117. The van der Waals surface area contributed by atoms with E-state index in [0.29, 0.717) is 17.0 Å². The van der Waals surface area contributed by atoms with Gasteiger partial charge in [0, 0.05) is 12.6 Å². The summed E-state index contributed by atoms with van der Waals surface area (Å²) in [7, 11) is 0. The molecule has 96 valence electrons. The zero-order valence-corrected chi connectivity index (χ0v) is 10.8. The second kappa shape index (κ2) is 6.12. The Morgan fingerprint density at radius 3 is 2.67 bits per heavy atom. The van der Waals surface area contributed by atoms with Crippen LogP contribution in [0.15, 0.2) is 12.1 Å². The Kier molecular flexibility index (Phi) is 4.81. The average Bonchev–Trinajstić information content (AvgIpc) is 2.34. The van der Waals surface area contributed by atoms with Gasteiger partial charge in [-0.15, -0.1) is 0 Å². The lowest BCUT2D eigenvalue weighted by molar-refractivity contribution is 0.0659. The number of hydrogen-bond donors (Lipinski definition) is 1. The van der Waals surface area contributed by atoms with Crippen molar-refractivity contribution in [3.63, 3.8) is 0 Å². The van der Waals surface area contributed by atoms with Gasteiger partial charge in [0.05, 0.1) is 17.9 Å². The monoisotopic (exact) mass is 247 g/mol. The summed E-state index contributed by atoms with van der Waals surface area (Å²) >= 11 is 0. The number of rotatable bonds is 4. The van der Waals surface area contributed by atoms with Gasteiger partial charge in [-0.2, -0.15) is 5.26 Å². The van der Waals surface area contributed by atoms with Crippen molar-refractivity contribution >= 4 is 5.91 Å². The van der Waals surface area contributed by atoms with Crippen LogP contribution in [0.4, 0.5) is 0 Å². The zero-order chi connectivity index (χ0) is 13.7. The largest absolute Gasteiger partial charge is 0.395 e. The number of nitriles is 1. The normalized spacial score (nSPS) is 10.2. The van der Waals surface area contributed by atoms with Gasteiger partial charge in [-0.3, -0.25) is 4.79 Å². The van der Waals surface area contributed by atoms with Crippen LogP contribution in [0.5, 0.6) is 0 Å². The summed E-state index contributed by atoms with van der Waals surface area (Å²) in [5.74, 6) is -0.230. The molecule has 0 saturated carbocycles. The van der Waals surface area contributed by atoms with Gasteiger partial charge in [0.1, 0.15) is 11.8 Å². The van der Waals surface area contributed by atoms with Crippen molar-refractivity contribution < 1.29 is 9.90 Å². The Hall–Kier alpha value is -1.93. The van der Waals surface area contributed by atoms with Crippen molar-refractivity contribution in [2.45, 2.75) is 26.8 Å². The smallest absolute Gasteiger partial charge is 0.272 e. The molecule has 18 heavy (non-hydrogen) atoms. The van der Waals surface area contributed by atoms with Crippen LogP contribution in [0.2, 0.25) is 0 Å². The number of aliphatic hydroxyl groups is 1. The first kappa shape index (κ1) is 14.1. The number of hydrogen-bond acceptors (Lipinski definition) is 4. The summed E-state index contributed by atoms with van der Waals surface area (Å²) in [4.78, 5) is 17.9. The van der Waals surface area contributed by atoms with Crippen molar-refractivity contribution in [1.29, 1.82) is 5.26 Å². The number of carbonyl (C=O) groups excluding carboxylic acids is 1. The van der Waals surface area contributed by atoms with E-state index >= 15 is 0 Å². The molecule has 0 aliphatic carbocycles. The molecule has 5 nitrogen and oxygen atoms in total. The number of aryl methyl sites for hydroxylation is 1. The summed E-state index contributed by atoms with van der Waals surface area (Å²) in [6, 6.07) is 5.13. The van der Waals surface area contributed by atoms with Crippen LogP contribution in [0.3, 0.4) is 0 Å². The van der Waals surface area contributed by atoms with E-state index in [1.807, 2.05) is 19.9 Å². The minimum atomic E-state index is -0.230. The van der Waals surface area contributed by atoms with Crippen LogP contribution in [0.25, 0.3) is 0 Å². The third kappa shape index (κ3) is 3.05. The molecule has 1 aromatic rings. The van der Waals surface area contributed by atoms with Gasteiger partial charge in [0.25, 0.3) is 5.91 Å². The molecule has 5 heteroatoms. The molecule has 0 bridgehead atoms. The molecule has 1 aromatic heterocycles. The standard InChI is InChI=1S/C13H17N3O2/c1-9(2)16(6-7-17)13(18)12-5-4-11(8-14)10(3)15-12/h4-5,9,17H,6-7H2,1-3H3. The first-order valence-electron chi connectivity index (χ1n) is 5.80. The summed E-state index contributed by atoms with van der Waals surface area (Å²) in [6.07, 6.45) is 0. The summed E-state index contributed by atoms with van der Waals surface area (Å²) < 4.78 is 0. The van der Waals surface area contributed by atoms with Gasteiger partial charge >= 0.3 is 0 Å². The second-order valence-corrected chi connectivity index (χ2v) is 4.26. The molecule has 0 fully saturated rings. The Labute approximate surface area is 107 Å². The number of carbonyl (C=O) groups is 1. The fourth-order valence-electron chi connectivity index (χ4n) is 1.65. The summed E-state index contributed by atoms with van der Waals surface area (Å²) in [5, 5.41) is 17.8. The summed E-state index contributed by atoms with van der Waals surface area (Å²) in [6.45, 7) is 5.64. The lowest BCUT2D eigenvalue weighted by Crippen LogP contribution is -2.39. The lowest BCUT2D eigenvalue weighted by Gasteiger charge is -2.25. The number of pyridine rings is 1. The predicted octanol–water partition coefficient (Wildman–Crippen LogP) is 1.10. The molecule has 0 aliphatic rings. The van der Waals surface area contributed by atoms with Crippen molar-refractivity contribution in [1.82, 2.24) is 9.88 Å². The number of aliphatic hydroxyl groups excluding tert-OH is 1. The SMILES string of the molecule is Cc1nc(C(=O)N(CCO)C(C)C)ccc1C#N. The number of aromatic nitrogens is 1. The lowest BCUT2D eigenvalue weighted by atomic mass is 10.2. The molecule has 1 N–H and O–H groups in total. The molecular formula is C13H17N3O2. The fourth-order valence-corrected chi connectivity index (χ4v) is 1.65. The van der Waals surface area contributed by atoms with E-state index in [1.54, 1.807) is 24.0 Å². The third-order valence-corrected chi connectivity index (χ3v) is 2.65. The Bertz CT molecular complexity index is 478. The molecule has 1 amide bonds. The van der Waals surface area contributed by atoms with Gasteiger partial charge < -0.3 is 10.0 Å². The number of nitrogens with zero attached hydrogens (tertiary/aromatic N) is 3. The average molecular weight is 247 g/mol. The van der Waals surface area contributed by atoms with Crippen LogP contribution in [-0.4, -0.2) is 40.1 Å². The van der Waals surface area contributed by atoms with E-state index in [9.17, 15) is 4.79 Å². The molecule has 0 unspecified atom stereocenters. The Morgan fingerprint density at radius 2 is 2.22 bits per heavy atom. The highest BCUT2D eigenvalue weighted by Gasteiger charge is 2.19. The van der Waals surface area contributed by atoms with Gasteiger partial charge in [-0.1, -0.05) is 0 Å². The molecule has 0 aromatic carbocycles. The van der Waals surface area contributed by atoms with Crippen molar-refractivity contribution in [3.8, 4) is 6.07 Å². The van der Waals surface area contributed by atoms with Crippen LogP contribution in [-0.2, 0) is 0 Å². The van der Waals surface area contributed by atoms with E-state index in [1.165, 1.54) is 0 Å². The van der Waals surface area contributed by atoms with Crippen molar-refractivity contribution in [2.24, 2.45) is 0 Å². The van der Waals surface area contributed by atoms with Crippen molar-refractivity contribution in [2.75, 3.05) is 13.2 Å². The van der Waals surface area contributed by atoms with E-state index in [2.05, 4.69) is 4.98 Å². The van der Waals surface area contributed by atoms with E-state index < -0.39 is 0 Å². The molecule has 0 saturated heterocycles. The maximum Gasteiger partial charge on any atom is 0.272 e. The predicted molar refractivity (Wildman–Crippen MR) is 66.9 cm³/mol. The van der Waals surface area contributed by atoms with Crippen LogP contribution in [0, 0.1) is 18.3 Å². The number of amides is 1. The molecule has 0 radical (unpaired) electrons. The summed E-state index contributed by atoms with van der Waals surface area (Å²) in [5.41, 5.74) is 1.30. The van der Waals surface area contributed by atoms with E-state index in [0.717, 1.165) is 0 Å². The van der Waals surface area contributed by atoms with Crippen LogP contribution in [0.1, 0.15) is 35.6 Å². The van der Waals surface area contributed by atoms with E-state index in [4.69, 9.17) is 10.4 Å². The van der Waals surface area contributed by atoms with Gasteiger partial charge in [-0.05, 0) is 32.9 Å². The minimum Gasteiger partial charge on any atom is -0.395 e. The molecule has 0 spiro atoms. The maximum absolute atomic E-state index is 12.2. The third-order valence-electron chi connectivity index (χ3n) is 2.65. The van der Waals surface area contributed by atoms with Crippen LogP contribution >= 0.6 is 0 Å². The quantitative estimate of drug-likeness (QED) is 0.864.